The quantitative estimate of drug-likeness (QED) is 0.721. The first-order valence-corrected chi connectivity index (χ1v) is 5.25. The van der Waals surface area contributed by atoms with Crippen molar-refractivity contribution in [2.75, 3.05) is 26.7 Å². The number of amides is 1. The van der Waals surface area contributed by atoms with Gasteiger partial charge in [0.1, 0.15) is 0 Å². The largest absolute Gasteiger partial charge is 0.365 e. The van der Waals surface area contributed by atoms with Crippen molar-refractivity contribution in [3.8, 4) is 0 Å². The summed E-state index contributed by atoms with van der Waals surface area (Å²) in [5, 5.41) is 3.10. The van der Waals surface area contributed by atoms with Crippen molar-refractivity contribution >= 4 is 11.7 Å². The van der Waals surface area contributed by atoms with E-state index in [1.54, 1.807) is 4.90 Å². The number of aliphatic imine (C=N–C) groups is 1. The zero-order chi connectivity index (χ0) is 10.4. The highest BCUT2D eigenvalue weighted by Gasteiger charge is 2.09. The minimum atomic E-state index is 0.126. The second kappa shape index (κ2) is 5.62. The van der Waals surface area contributed by atoms with E-state index in [0.717, 1.165) is 25.3 Å². The highest BCUT2D eigenvalue weighted by atomic mass is 16.2. The zero-order valence-electron chi connectivity index (χ0n) is 9.05. The van der Waals surface area contributed by atoms with Crippen LogP contribution in [-0.2, 0) is 4.79 Å². The molecule has 0 fully saturated rings. The third-order valence-corrected chi connectivity index (χ3v) is 2.47. The molecule has 80 valence electrons. The van der Waals surface area contributed by atoms with Crippen molar-refractivity contribution < 1.29 is 4.79 Å². The molecule has 1 aliphatic rings. The second-order valence-corrected chi connectivity index (χ2v) is 3.55. The Kier molecular flexibility index (Phi) is 4.43. The standard InChI is InChI=1S/C10H19N3O/c1-3-13(2)10(14)8-12-9-6-4-5-7-11-9/h3-8H2,1-2H3,(H,11,12). The molecule has 0 aromatic carbocycles. The maximum Gasteiger partial charge on any atom is 0.241 e. The molecule has 0 atom stereocenters. The summed E-state index contributed by atoms with van der Waals surface area (Å²) in [6, 6.07) is 0. The zero-order valence-corrected chi connectivity index (χ0v) is 9.05. The van der Waals surface area contributed by atoms with Gasteiger partial charge in [0, 0.05) is 26.6 Å². The van der Waals surface area contributed by atoms with Gasteiger partial charge in [0.05, 0.1) is 12.4 Å². The van der Waals surface area contributed by atoms with Gasteiger partial charge in [0.25, 0.3) is 0 Å². The molecule has 0 aromatic heterocycles. The van der Waals surface area contributed by atoms with Crippen LogP contribution in [0.25, 0.3) is 0 Å². The maximum absolute atomic E-state index is 11.4. The van der Waals surface area contributed by atoms with Crippen LogP contribution in [0.2, 0.25) is 0 Å². The molecular weight excluding hydrogens is 178 g/mol. The summed E-state index contributed by atoms with van der Waals surface area (Å²) in [6.07, 6.45) is 3.35. The number of amidine groups is 1. The predicted octanol–water partition coefficient (Wildman–Crippen LogP) is 0.637. The molecule has 1 heterocycles. The Labute approximate surface area is 85.4 Å². The van der Waals surface area contributed by atoms with E-state index in [1.165, 1.54) is 12.8 Å². The van der Waals surface area contributed by atoms with Gasteiger partial charge in [-0.25, -0.2) is 0 Å². The SMILES string of the molecule is CCN(C)C(=O)CNC1=NCCCC1. The Morgan fingerprint density at radius 1 is 1.57 bits per heavy atom. The van der Waals surface area contributed by atoms with Gasteiger partial charge >= 0.3 is 0 Å². The van der Waals surface area contributed by atoms with Crippen LogP contribution < -0.4 is 5.32 Å². The summed E-state index contributed by atoms with van der Waals surface area (Å²) in [7, 11) is 1.81. The summed E-state index contributed by atoms with van der Waals surface area (Å²) in [4.78, 5) is 17.5. The number of likely N-dealkylation sites (N-methyl/N-ethyl adjacent to an activating group) is 1. The van der Waals surface area contributed by atoms with Crippen LogP contribution >= 0.6 is 0 Å². The van der Waals surface area contributed by atoms with E-state index in [9.17, 15) is 4.79 Å². The summed E-state index contributed by atoms with van der Waals surface area (Å²) in [5.41, 5.74) is 0. The fourth-order valence-electron chi connectivity index (χ4n) is 1.33. The molecule has 0 radical (unpaired) electrons. The van der Waals surface area contributed by atoms with Gasteiger partial charge in [-0.2, -0.15) is 0 Å². The van der Waals surface area contributed by atoms with Gasteiger partial charge < -0.3 is 10.2 Å². The number of nitrogens with one attached hydrogen (secondary N) is 1. The van der Waals surface area contributed by atoms with E-state index in [1.807, 2.05) is 14.0 Å². The first-order valence-electron chi connectivity index (χ1n) is 5.25. The number of carbonyl (C=O) groups is 1. The number of hydrogen-bond donors (Lipinski definition) is 1. The molecule has 4 heteroatoms. The van der Waals surface area contributed by atoms with Crippen molar-refractivity contribution in [1.29, 1.82) is 0 Å². The number of hydrogen-bond acceptors (Lipinski definition) is 3. The first-order chi connectivity index (χ1) is 6.74. The number of rotatable bonds is 3. The van der Waals surface area contributed by atoms with Gasteiger partial charge in [-0.15, -0.1) is 0 Å². The van der Waals surface area contributed by atoms with Crippen LogP contribution in [0, 0.1) is 0 Å². The molecule has 0 aromatic rings. The summed E-state index contributed by atoms with van der Waals surface area (Å²) >= 11 is 0. The van der Waals surface area contributed by atoms with Gasteiger partial charge in [-0.1, -0.05) is 0 Å². The Morgan fingerprint density at radius 3 is 2.93 bits per heavy atom. The Bertz CT molecular complexity index is 225. The van der Waals surface area contributed by atoms with Crippen LogP contribution in [0.4, 0.5) is 0 Å². The van der Waals surface area contributed by atoms with Crippen molar-refractivity contribution in [3.05, 3.63) is 0 Å². The molecule has 1 rings (SSSR count). The van der Waals surface area contributed by atoms with E-state index >= 15 is 0 Å². The normalized spacial score (nSPS) is 16.0. The van der Waals surface area contributed by atoms with E-state index < -0.39 is 0 Å². The van der Waals surface area contributed by atoms with E-state index in [2.05, 4.69) is 10.3 Å². The highest BCUT2D eigenvalue weighted by molar-refractivity contribution is 5.87. The number of carbonyl (C=O) groups excluding carboxylic acids is 1. The lowest BCUT2D eigenvalue weighted by molar-refractivity contribution is -0.128. The Balaban J connectivity index is 2.25. The maximum atomic E-state index is 11.4. The molecule has 0 saturated heterocycles. The summed E-state index contributed by atoms with van der Waals surface area (Å²) < 4.78 is 0. The lowest BCUT2D eigenvalue weighted by atomic mass is 10.2. The van der Waals surface area contributed by atoms with Gasteiger partial charge in [-0.05, 0) is 19.8 Å². The molecule has 4 nitrogen and oxygen atoms in total. The van der Waals surface area contributed by atoms with Crippen LogP contribution in [0.15, 0.2) is 4.99 Å². The van der Waals surface area contributed by atoms with Crippen LogP contribution in [0.3, 0.4) is 0 Å². The summed E-state index contributed by atoms with van der Waals surface area (Å²) in [5.74, 6) is 1.12. The molecule has 0 unspecified atom stereocenters. The monoisotopic (exact) mass is 197 g/mol. The Morgan fingerprint density at radius 2 is 2.36 bits per heavy atom. The fourth-order valence-corrected chi connectivity index (χ4v) is 1.33. The van der Waals surface area contributed by atoms with Crippen LogP contribution in [-0.4, -0.2) is 43.3 Å². The average molecular weight is 197 g/mol. The fraction of sp³-hybridized carbons (Fsp3) is 0.800. The third-order valence-electron chi connectivity index (χ3n) is 2.47. The minimum Gasteiger partial charge on any atom is -0.365 e. The highest BCUT2D eigenvalue weighted by Crippen LogP contribution is 2.03. The first kappa shape index (κ1) is 11.0. The van der Waals surface area contributed by atoms with Gasteiger partial charge in [-0.3, -0.25) is 9.79 Å². The molecule has 14 heavy (non-hydrogen) atoms. The van der Waals surface area contributed by atoms with Crippen molar-refractivity contribution in [1.82, 2.24) is 10.2 Å². The third kappa shape index (κ3) is 3.36. The predicted molar refractivity (Wildman–Crippen MR) is 57.5 cm³/mol. The average Bonchev–Trinajstić information content (AvgIpc) is 2.26. The topological polar surface area (TPSA) is 44.7 Å². The second-order valence-electron chi connectivity index (χ2n) is 3.55. The Hall–Kier alpha value is -1.06. The summed E-state index contributed by atoms with van der Waals surface area (Å²) in [6.45, 7) is 4.01. The molecule has 0 bridgehead atoms. The van der Waals surface area contributed by atoms with Gasteiger partial charge in [0.2, 0.25) is 5.91 Å². The van der Waals surface area contributed by atoms with Crippen molar-refractivity contribution in [2.45, 2.75) is 26.2 Å². The van der Waals surface area contributed by atoms with E-state index in [0.29, 0.717) is 6.54 Å². The number of nitrogens with zero attached hydrogens (tertiary/aromatic N) is 2. The lowest BCUT2D eigenvalue weighted by Gasteiger charge is -2.17. The van der Waals surface area contributed by atoms with Crippen LogP contribution in [0.5, 0.6) is 0 Å². The molecule has 1 aliphatic heterocycles. The smallest absolute Gasteiger partial charge is 0.241 e. The van der Waals surface area contributed by atoms with E-state index in [-0.39, 0.29) is 5.91 Å². The van der Waals surface area contributed by atoms with Crippen molar-refractivity contribution in [2.24, 2.45) is 4.99 Å². The molecule has 1 N–H and O–H groups in total. The molecule has 0 aliphatic carbocycles. The molecule has 0 saturated carbocycles. The molecule has 0 spiro atoms. The minimum absolute atomic E-state index is 0.126. The molecular formula is C10H19N3O. The van der Waals surface area contributed by atoms with Crippen LogP contribution in [0.1, 0.15) is 26.2 Å². The lowest BCUT2D eigenvalue weighted by Crippen LogP contribution is -2.38. The molecule has 1 amide bonds. The van der Waals surface area contributed by atoms with Gasteiger partial charge in [0.15, 0.2) is 0 Å². The van der Waals surface area contributed by atoms with E-state index in [4.69, 9.17) is 0 Å². The van der Waals surface area contributed by atoms with Crippen molar-refractivity contribution in [3.63, 3.8) is 0 Å².